The summed E-state index contributed by atoms with van der Waals surface area (Å²) in [4.78, 5) is 14.6. The van der Waals surface area contributed by atoms with Crippen LogP contribution in [0.15, 0.2) is 23.0 Å². The molecule has 3 heterocycles. The molecule has 1 atom stereocenters. The standard InChI is InChI=1S/C18H27N5O2/c1-13-9-19-23(10-13)11-14-6-5-7-22(14)12-16(24)20-17-8-15(21-25-17)18(2,3)4/h8-10,14H,5-7,11-12H2,1-4H3,(H,20,24)/t14-/m1/s1. The van der Waals surface area contributed by atoms with E-state index in [1.807, 2.05) is 24.0 Å². The molecule has 0 spiro atoms. The number of hydrogen-bond acceptors (Lipinski definition) is 5. The average Bonchev–Trinajstić information content (AvgIpc) is 3.22. The number of anilines is 1. The van der Waals surface area contributed by atoms with Gasteiger partial charge in [-0.1, -0.05) is 25.9 Å². The molecule has 1 amide bonds. The van der Waals surface area contributed by atoms with Gasteiger partial charge in [0.2, 0.25) is 11.8 Å². The summed E-state index contributed by atoms with van der Waals surface area (Å²) < 4.78 is 7.20. The molecule has 0 saturated carbocycles. The molecule has 136 valence electrons. The molecule has 2 aromatic rings. The molecule has 25 heavy (non-hydrogen) atoms. The predicted molar refractivity (Wildman–Crippen MR) is 95.4 cm³/mol. The van der Waals surface area contributed by atoms with Crippen LogP contribution in [0.3, 0.4) is 0 Å². The zero-order chi connectivity index (χ0) is 18.0. The van der Waals surface area contributed by atoms with Gasteiger partial charge in [-0.3, -0.25) is 19.7 Å². The summed E-state index contributed by atoms with van der Waals surface area (Å²) >= 11 is 0. The van der Waals surface area contributed by atoms with Crippen molar-refractivity contribution in [2.75, 3.05) is 18.4 Å². The lowest BCUT2D eigenvalue weighted by Gasteiger charge is -2.23. The van der Waals surface area contributed by atoms with Gasteiger partial charge in [0.25, 0.3) is 0 Å². The summed E-state index contributed by atoms with van der Waals surface area (Å²) in [5.74, 6) is 0.341. The van der Waals surface area contributed by atoms with Gasteiger partial charge in [-0.2, -0.15) is 5.10 Å². The van der Waals surface area contributed by atoms with E-state index in [4.69, 9.17) is 4.52 Å². The summed E-state index contributed by atoms with van der Waals surface area (Å²) in [6.07, 6.45) is 6.10. The van der Waals surface area contributed by atoms with Crippen molar-refractivity contribution in [3.05, 3.63) is 29.7 Å². The molecular weight excluding hydrogens is 318 g/mol. The molecule has 2 aromatic heterocycles. The van der Waals surface area contributed by atoms with Crippen LogP contribution in [0.25, 0.3) is 0 Å². The lowest BCUT2D eigenvalue weighted by atomic mass is 9.92. The third-order valence-corrected chi connectivity index (χ3v) is 4.55. The van der Waals surface area contributed by atoms with Crippen LogP contribution in [0.4, 0.5) is 5.88 Å². The van der Waals surface area contributed by atoms with Crippen LogP contribution in [-0.4, -0.2) is 44.9 Å². The second kappa shape index (κ2) is 7.00. The lowest BCUT2D eigenvalue weighted by Crippen LogP contribution is -2.39. The highest BCUT2D eigenvalue weighted by molar-refractivity contribution is 5.91. The molecule has 3 rings (SSSR count). The summed E-state index contributed by atoms with van der Waals surface area (Å²) in [6, 6.07) is 2.14. The van der Waals surface area contributed by atoms with E-state index in [9.17, 15) is 4.79 Å². The highest BCUT2D eigenvalue weighted by Gasteiger charge is 2.27. The minimum absolute atomic E-state index is 0.0693. The van der Waals surface area contributed by atoms with Gasteiger partial charge in [0, 0.05) is 23.7 Å². The van der Waals surface area contributed by atoms with Crippen molar-refractivity contribution in [2.24, 2.45) is 0 Å². The van der Waals surface area contributed by atoms with Gasteiger partial charge in [0.1, 0.15) is 0 Å². The maximum Gasteiger partial charge on any atom is 0.240 e. The van der Waals surface area contributed by atoms with Gasteiger partial charge in [-0.25, -0.2) is 0 Å². The highest BCUT2D eigenvalue weighted by atomic mass is 16.5. The predicted octanol–water partition coefficient (Wildman–Crippen LogP) is 2.58. The summed E-state index contributed by atoms with van der Waals surface area (Å²) in [5, 5.41) is 11.2. The number of likely N-dealkylation sites (tertiary alicyclic amines) is 1. The van der Waals surface area contributed by atoms with E-state index in [2.05, 4.69) is 41.2 Å². The van der Waals surface area contributed by atoms with Gasteiger partial charge in [-0.15, -0.1) is 0 Å². The fourth-order valence-corrected chi connectivity index (χ4v) is 3.14. The Morgan fingerprint density at radius 2 is 2.24 bits per heavy atom. The van der Waals surface area contributed by atoms with Crippen molar-refractivity contribution in [3.8, 4) is 0 Å². The Labute approximate surface area is 148 Å². The first-order chi connectivity index (χ1) is 11.8. The minimum atomic E-state index is -0.103. The smallest absolute Gasteiger partial charge is 0.240 e. The monoisotopic (exact) mass is 345 g/mol. The Kier molecular flexibility index (Phi) is 4.94. The Morgan fingerprint density at radius 3 is 2.88 bits per heavy atom. The molecule has 7 heteroatoms. The second-order valence-corrected chi connectivity index (χ2v) is 7.88. The first kappa shape index (κ1) is 17.7. The van der Waals surface area contributed by atoms with Crippen molar-refractivity contribution < 1.29 is 9.32 Å². The van der Waals surface area contributed by atoms with Crippen molar-refractivity contribution in [1.29, 1.82) is 0 Å². The number of hydrogen-bond donors (Lipinski definition) is 1. The van der Waals surface area contributed by atoms with Crippen molar-refractivity contribution in [1.82, 2.24) is 19.8 Å². The van der Waals surface area contributed by atoms with E-state index in [-0.39, 0.29) is 11.3 Å². The maximum atomic E-state index is 12.4. The van der Waals surface area contributed by atoms with E-state index < -0.39 is 0 Å². The number of carbonyl (C=O) groups is 1. The van der Waals surface area contributed by atoms with E-state index in [0.717, 1.165) is 37.2 Å². The molecule has 1 aliphatic heterocycles. The van der Waals surface area contributed by atoms with Gasteiger partial charge >= 0.3 is 0 Å². The Bertz CT molecular complexity index is 728. The Hall–Kier alpha value is -2.15. The lowest BCUT2D eigenvalue weighted by molar-refractivity contribution is -0.117. The second-order valence-electron chi connectivity index (χ2n) is 7.88. The molecule has 1 saturated heterocycles. The Morgan fingerprint density at radius 1 is 1.44 bits per heavy atom. The molecule has 7 nitrogen and oxygen atoms in total. The van der Waals surface area contributed by atoms with Crippen LogP contribution in [-0.2, 0) is 16.8 Å². The molecule has 1 aliphatic rings. The number of aromatic nitrogens is 3. The largest absolute Gasteiger partial charge is 0.338 e. The molecule has 0 unspecified atom stereocenters. The molecule has 0 aliphatic carbocycles. The molecule has 1 fully saturated rings. The first-order valence-corrected chi connectivity index (χ1v) is 8.81. The van der Waals surface area contributed by atoms with Crippen molar-refractivity contribution in [3.63, 3.8) is 0 Å². The topological polar surface area (TPSA) is 76.2 Å². The molecule has 0 aromatic carbocycles. The number of carbonyl (C=O) groups excluding carboxylic acids is 1. The van der Waals surface area contributed by atoms with Crippen molar-refractivity contribution >= 4 is 11.8 Å². The zero-order valence-corrected chi connectivity index (χ0v) is 15.5. The zero-order valence-electron chi connectivity index (χ0n) is 15.5. The van der Waals surface area contributed by atoms with Crippen LogP contribution >= 0.6 is 0 Å². The van der Waals surface area contributed by atoms with Gasteiger partial charge in [0.05, 0.1) is 25.0 Å². The van der Waals surface area contributed by atoms with Gasteiger partial charge in [0.15, 0.2) is 0 Å². The highest BCUT2D eigenvalue weighted by Crippen LogP contribution is 2.24. The normalized spacial score (nSPS) is 18.6. The summed E-state index contributed by atoms with van der Waals surface area (Å²) in [5.41, 5.74) is 1.88. The van der Waals surface area contributed by atoms with E-state index >= 15 is 0 Å². The fraction of sp³-hybridized carbons (Fsp3) is 0.611. The number of nitrogens with one attached hydrogen (secondary N) is 1. The SMILES string of the molecule is Cc1cnn(C[C@H]2CCCN2CC(=O)Nc2cc(C(C)(C)C)no2)c1. The van der Waals surface area contributed by atoms with Gasteiger partial charge in [-0.05, 0) is 31.9 Å². The van der Waals surface area contributed by atoms with E-state index in [0.29, 0.717) is 18.5 Å². The average molecular weight is 345 g/mol. The minimum Gasteiger partial charge on any atom is -0.338 e. The number of rotatable bonds is 5. The third kappa shape index (κ3) is 4.48. The molecular formula is C18H27N5O2. The van der Waals surface area contributed by atoms with Crippen LogP contribution in [0.5, 0.6) is 0 Å². The fourth-order valence-electron chi connectivity index (χ4n) is 3.14. The van der Waals surface area contributed by atoms with Crippen LogP contribution in [0, 0.1) is 6.92 Å². The quantitative estimate of drug-likeness (QED) is 0.901. The third-order valence-electron chi connectivity index (χ3n) is 4.55. The molecule has 0 bridgehead atoms. The summed E-state index contributed by atoms with van der Waals surface area (Å²) in [6.45, 7) is 10.3. The molecule has 0 radical (unpaired) electrons. The number of amides is 1. The van der Waals surface area contributed by atoms with Crippen molar-refractivity contribution in [2.45, 2.75) is 58.5 Å². The first-order valence-electron chi connectivity index (χ1n) is 8.81. The van der Waals surface area contributed by atoms with Crippen LogP contribution < -0.4 is 5.32 Å². The van der Waals surface area contributed by atoms with Gasteiger partial charge < -0.3 is 4.52 Å². The Balaban J connectivity index is 1.55. The van der Waals surface area contributed by atoms with Crippen LogP contribution in [0.1, 0.15) is 44.9 Å². The van der Waals surface area contributed by atoms with E-state index in [1.165, 1.54) is 0 Å². The number of aryl methyl sites for hydroxylation is 1. The maximum absolute atomic E-state index is 12.4. The van der Waals surface area contributed by atoms with E-state index in [1.54, 1.807) is 6.07 Å². The molecule has 1 N–H and O–H groups in total. The summed E-state index contributed by atoms with van der Waals surface area (Å²) in [7, 11) is 0. The van der Waals surface area contributed by atoms with Crippen LogP contribution in [0.2, 0.25) is 0 Å². The number of nitrogens with zero attached hydrogens (tertiary/aromatic N) is 4.